The molecule has 3 rings (SSSR count). The number of aliphatic hydroxyl groups excluding tert-OH is 1. The van der Waals surface area contributed by atoms with Crippen LogP contribution in [0.3, 0.4) is 0 Å². The van der Waals surface area contributed by atoms with Gasteiger partial charge in [-0.1, -0.05) is 23.2 Å². The second-order valence-electron chi connectivity index (χ2n) is 6.59. The van der Waals surface area contributed by atoms with Gasteiger partial charge in [0.1, 0.15) is 18.9 Å². The molecule has 0 aliphatic carbocycles. The number of piperidine rings is 1. The van der Waals surface area contributed by atoms with E-state index >= 15 is 0 Å². The van der Waals surface area contributed by atoms with Crippen LogP contribution in [0, 0.1) is 0 Å². The van der Waals surface area contributed by atoms with E-state index in [1.807, 2.05) is 6.92 Å². The summed E-state index contributed by atoms with van der Waals surface area (Å²) in [6.45, 7) is 1.78. The van der Waals surface area contributed by atoms with Gasteiger partial charge in [-0.2, -0.15) is 0 Å². The molecule has 8 heteroatoms. The first-order valence-corrected chi connectivity index (χ1v) is 8.97. The average molecular weight is 387 g/mol. The molecule has 0 unspecified atom stereocenters. The highest BCUT2D eigenvalue weighted by molar-refractivity contribution is 6.42. The third-order valence-corrected chi connectivity index (χ3v) is 6.11. The molecule has 3 atom stereocenters. The molecule has 2 saturated heterocycles. The Balaban J connectivity index is 1.89. The van der Waals surface area contributed by atoms with Gasteiger partial charge in [-0.3, -0.25) is 9.59 Å². The van der Waals surface area contributed by atoms with Crippen LogP contribution in [0.15, 0.2) is 12.1 Å². The van der Waals surface area contributed by atoms with Gasteiger partial charge < -0.3 is 20.0 Å². The molecule has 2 aliphatic heterocycles. The number of phenolic OH excluding ortho intramolecular Hbond substituents is 1. The van der Waals surface area contributed by atoms with E-state index in [9.17, 15) is 14.7 Å². The zero-order valence-electron chi connectivity index (χ0n) is 13.8. The Labute approximate surface area is 155 Å². The lowest BCUT2D eigenvalue weighted by Crippen LogP contribution is -2.64. The predicted molar refractivity (Wildman–Crippen MR) is 93.9 cm³/mol. The number of aromatic hydroxyl groups is 1. The number of phenols is 1. The minimum Gasteiger partial charge on any atom is -0.508 e. The fourth-order valence-electron chi connectivity index (χ4n) is 3.97. The average Bonchev–Trinajstić information content (AvgIpc) is 2.61. The van der Waals surface area contributed by atoms with E-state index < -0.39 is 12.5 Å². The fraction of sp³-hybridized carbons (Fsp3) is 0.529. The Morgan fingerprint density at radius 3 is 2.76 bits per heavy atom. The number of nitrogens with zero attached hydrogens (tertiary/aromatic N) is 2. The molecule has 2 fully saturated rings. The summed E-state index contributed by atoms with van der Waals surface area (Å²) in [4.78, 5) is 27.5. The molecule has 0 spiro atoms. The van der Waals surface area contributed by atoms with E-state index in [0.29, 0.717) is 35.0 Å². The van der Waals surface area contributed by atoms with Crippen LogP contribution in [0.1, 0.15) is 31.2 Å². The predicted octanol–water partition coefficient (Wildman–Crippen LogP) is 2.00. The van der Waals surface area contributed by atoms with E-state index in [1.165, 1.54) is 11.0 Å². The van der Waals surface area contributed by atoms with Gasteiger partial charge in [0.05, 0.1) is 16.1 Å². The standard InChI is InChI=1S/C17H20Cl2N2O4/c1-9-12-6-10(16-13(23)3-2-11(18)17(16)19)4-5-20(12)14(24)7-21(9)15(25)8-22/h2-3,9-10,12,22-23H,4-8H2,1H3/t9-,10-,12+/m1/s1. The summed E-state index contributed by atoms with van der Waals surface area (Å²) < 4.78 is 0. The largest absolute Gasteiger partial charge is 0.508 e. The molecule has 0 radical (unpaired) electrons. The van der Waals surface area contributed by atoms with Crippen molar-refractivity contribution >= 4 is 35.0 Å². The SMILES string of the molecule is C[C@@H]1[C@@H]2C[C@H](c3c(O)ccc(Cl)c3Cl)CCN2C(=O)CN1C(=O)CO. The molecule has 2 N–H and O–H groups in total. The molecule has 136 valence electrons. The molecule has 1 aromatic rings. The topological polar surface area (TPSA) is 81.1 Å². The maximum absolute atomic E-state index is 12.4. The quantitative estimate of drug-likeness (QED) is 0.814. The molecule has 2 heterocycles. The molecule has 6 nitrogen and oxygen atoms in total. The lowest BCUT2D eigenvalue weighted by atomic mass is 9.81. The third-order valence-electron chi connectivity index (χ3n) is 5.29. The van der Waals surface area contributed by atoms with Crippen molar-refractivity contribution in [2.75, 3.05) is 19.7 Å². The molecular weight excluding hydrogens is 367 g/mol. The highest BCUT2D eigenvalue weighted by Gasteiger charge is 2.44. The maximum atomic E-state index is 12.4. The summed E-state index contributed by atoms with van der Waals surface area (Å²) in [5.74, 6) is -0.547. The number of carbonyl (C=O) groups is 2. The van der Waals surface area contributed by atoms with Gasteiger partial charge >= 0.3 is 0 Å². The van der Waals surface area contributed by atoms with Crippen molar-refractivity contribution in [1.82, 2.24) is 9.80 Å². The van der Waals surface area contributed by atoms with Crippen LogP contribution in [0.2, 0.25) is 10.0 Å². The molecule has 0 bridgehead atoms. The first kappa shape index (κ1) is 18.3. The summed E-state index contributed by atoms with van der Waals surface area (Å²) in [6, 6.07) is 2.66. The molecule has 25 heavy (non-hydrogen) atoms. The van der Waals surface area contributed by atoms with Crippen LogP contribution < -0.4 is 0 Å². The van der Waals surface area contributed by atoms with Crippen LogP contribution >= 0.6 is 23.2 Å². The van der Waals surface area contributed by atoms with E-state index in [2.05, 4.69) is 0 Å². The van der Waals surface area contributed by atoms with Crippen molar-refractivity contribution in [3.63, 3.8) is 0 Å². The number of hydrogen-bond acceptors (Lipinski definition) is 4. The molecule has 0 aromatic heterocycles. The lowest BCUT2D eigenvalue weighted by molar-refractivity contribution is -0.156. The van der Waals surface area contributed by atoms with Crippen molar-refractivity contribution < 1.29 is 19.8 Å². The minimum absolute atomic E-state index is 0.00903. The Bertz CT molecular complexity index is 712. The summed E-state index contributed by atoms with van der Waals surface area (Å²) >= 11 is 12.4. The number of halogens is 2. The van der Waals surface area contributed by atoms with Gasteiger partial charge in [0.15, 0.2) is 0 Å². The van der Waals surface area contributed by atoms with Gasteiger partial charge in [0, 0.05) is 18.2 Å². The number of hydrogen-bond donors (Lipinski definition) is 2. The highest BCUT2D eigenvalue weighted by atomic mass is 35.5. The van der Waals surface area contributed by atoms with Gasteiger partial charge in [0.25, 0.3) is 0 Å². The van der Waals surface area contributed by atoms with E-state index in [1.54, 1.807) is 11.0 Å². The summed E-state index contributed by atoms with van der Waals surface area (Å²) in [7, 11) is 0. The third kappa shape index (κ3) is 3.18. The Morgan fingerprint density at radius 2 is 2.08 bits per heavy atom. The number of piperazine rings is 1. The van der Waals surface area contributed by atoms with Crippen molar-refractivity contribution in [3.05, 3.63) is 27.7 Å². The van der Waals surface area contributed by atoms with Crippen molar-refractivity contribution in [1.29, 1.82) is 0 Å². The molecule has 0 saturated carbocycles. The first-order valence-electron chi connectivity index (χ1n) is 8.21. The van der Waals surface area contributed by atoms with Crippen molar-refractivity contribution in [2.45, 2.75) is 37.8 Å². The molecule has 1 aromatic carbocycles. The normalized spacial score (nSPS) is 26.6. The summed E-state index contributed by atoms with van der Waals surface area (Å²) in [5, 5.41) is 20.1. The zero-order valence-corrected chi connectivity index (χ0v) is 15.3. The van der Waals surface area contributed by atoms with Gasteiger partial charge in [0.2, 0.25) is 11.8 Å². The summed E-state index contributed by atoms with van der Waals surface area (Å²) in [5.41, 5.74) is 0.596. The second kappa shape index (κ2) is 7.02. The van der Waals surface area contributed by atoms with E-state index in [4.69, 9.17) is 28.3 Å². The second-order valence-corrected chi connectivity index (χ2v) is 7.38. The number of benzene rings is 1. The minimum atomic E-state index is -0.616. The van der Waals surface area contributed by atoms with Crippen LogP contribution in [-0.2, 0) is 9.59 Å². The van der Waals surface area contributed by atoms with Gasteiger partial charge in [-0.25, -0.2) is 0 Å². The molecular formula is C17H20Cl2N2O4. The highest BCUT2D eigenvalue weighted by Crippen LogP contribution is 2.44. The van der Waals surface area contributed by atoms with Crippen LogP contribution in [-0.4, -0.2) is 63.6 Å². The first-order chi connectivity index (χ1) is 11.8. The number of carbonyl (C=O) groups excluding carboxylic acids is 2. The number of amides is 2. The maximum Gasteiger partial charge on any atom is 0.249 e. The summed E-state index contributed by atoms with van der Waals surface area (Å²) in [6.07, 6.45) is 1.23. The smallest absolute Gasteiger partial charge is 0.249 e. The van der Waals surface area contributed by atoms with Crippen LogP contribution in [0.25, 0.3) is 0 Å². The number of rotatable bonds is 2. The Kier molecular flexibility index (Phi) is 5.14. The van der Waals surface area contributed by atoms with E-state index in [-0.39, 0.29) is 36.2 Å². The number of fused-ring (bicyclic) bond motifs is 1. The van der Waals surface area contributed by atoms with Crippen LogP contribution in [0.5, 0.6) is 5.75 Å². The Hall–Kier alpha value is -1.50. The molecule has 2 aliphatic rings. The van der Waals surface area contributed by atoms with Gasteiger partial charge in [-0.15, -0.1) is 0 Å². The lowest BCUT2D eigenvalue weighted by Gasteiger charge is -2.50. The fourth-order valence-corrected chi connectivity index (χ4v) is 4.44. The van der Waals surface area contributed by atoms with Crippen molar-refractivity contribution in [2.24, 2.45) is 0 Å². The van der Waals surface area contributed by atoms with Crippen molar-refractivity contribution in [3.8, 4) is 5.75 Å². The monoisotopic (exact) mass is 386 g/mol. The Morgan fingerprint density at radius 1 is 1.36 bits per heavy atom. The molecule has 2 amide bonds. The zero-order chi connectivity index (χ0) is 18.3. The van der Waals surface area contributed by atoms with Gasteiger partial charge in [-0.05, 0) is 37.8 Å². The van der Waals surface area contributed by atoms with E-state index in [0.717, 1.165) is 0 Å². The van der Waals surface area contributed by atoms with Crippen LogP contribution in [0.4, 0.5) is 0 Å². The number of aliphatic hydroxyl groups is 1.